The van der Waals surface area contributed by atoms with Crippen molar-refractivity contribution in [3.63, 3.8) is 0 Å². The third-order valence-corrected chi connectivity index (χ3v) is 2.68. The SMILES string of the molecule is CCCn1cc(C(=O)O)c(-c2cnn(CC)c2)n1. The zero-order valence-electron chi connectivity index (χ0n) is 10.5. The highest BCUT2D eigenvalue weighted by atomic mass is 16.4. The molecule has 0 aliphatic heterocycles. The summed E-state index contributed by atoms with van der Waals surface area (Å²) in [5, 5.41) is 17.7. The van der Waals surface area contributed by atoms with Crippen LogP contribution >= 0.6 is 0 Å². The van der Waals surface area contributed by atoms with E-state index in [1.54, 1.807) is 21.8 Å². The molecule has 0 saturated heterocycles. The van der Waals surface area contributed by atoms with Crippen LogP contribution in [0.25, 0.3) is 11.3 Å². The zero-order chi connectivity index (χ0) is 13.1. The Hall–Kier alpha value is -2.11. The maximum atomic E-state index is 11.2. The Morgan fingerprint density at radius 1 is 1.33 bits per heavy atom. The van der Waals surface area contributed by atoms with E-state index in [1.807, 2.05) is 20.0 Å². The second-order valence-electron chi connectivity index (χ2n) is 4.04. The predicted octanol–water partition coefficient (Wildman–Crippen LogP) is 1.87. The summed E-state index contributed by atoms with van der Waals surface area (Å²) in [6.07, 6.45) is 5.94. The van der Waals surface area contributed by atoms with Crippen molar-refractivity contribution in [2.75, 3.05) is 0 Å². The fraction of sp³-hybridized carbons (Fsp3) is 0.417. The molecule has 6 nitrogen and oxygen atoms in total. The topological polar surface area (TPSA) is 72.9 Å². The number of rotatable bonds is 5. The van der Waals surface area contributed by atoms with Gasteiger partial charge in [0.2, 0.25) is 0 Å². The van der Waals surface area contributed by atoms with Gasteiger partial charge in [0.1, 0.15) is 11.3 Å². The first-order valence-electron chi connectivity index (χ1n) is 5.99. The Kier molecular flexibility index (Phi) is 3.45. The van der Waals surface area contributed by atoms with Crippen molar-refractivity contribution in [1.82, 2.24) is 19.6 Å². The van der Waals surface area contributed by atoms with E-state index in [0.717, 1.165) is 18.5 Å². The standard InChI is InChI=1S/C12H16N4O2/c1-3-5-16-8-10(12(17)18)11(14-16)9-6-13-15(4-2)7-9/h6-8H,3-5H2,1-2H3,(H,17,18). The number of nitrogens with zero attached hydrogens (tertiary/aromatic N) is 4. The Morgan fingerprint density at radius 3 is 2.67 bits per heavy atom. The molecule has 0 saturated carbocycles. The summed E-state index contributed by atoms with van der Waals surface area (Å²) < 4.78 is 3.42. The molecule has 0 bridgehead atoms. The van der Waals surface area contributed by atoms with E-state index in [4.69, 9.17) is 0 Å². The molecule has 0 fully saturated rings. The zero-order valence-corrected chi connectivity index (χ0v) is 10.5. The van der Waals surface area contributed by atoms with Crippen molar-refractivity contribution in [2.24, 2.45) is 0 Å². The predicted molar refractivity (Wildman–Crippen MR) is 66.4 cm³/mol. The quantitative estimate of drug-likeness (QED) is 0.876. The first kappa shape index (κ1) is 12.3. The van der Waals surface area contributed by atoms with Crippen LogP contribution in [0.1, 0.15) is 30.6 Å². The maximum absolute atomic E-state index is 11.2. The Labute approximate surface area is 105 Å². The molecule has 1 N–H and O–H groups in total. The van der Waals surface area contributed by atoms with E-state index >= 15 is 0 Å². The molecule has 0 spiro atoms. The summed E-state index contributed by atoms with van der Waals surface area (Å²) in [6, 6.07) is 0. The van der Waals surface area contributed by atoms with Crippen LogP contribution < -0.4 is 0 Å². The van der Waals surface area contributed by atoms with Crippen molar-refractivity contribution in [3.05, 3.63) is 24.2 Å². The first-order valence-corrected chi connectivity index (χ1v) is 5.99. The summed E-state index contributed by atoms with van der Waals surface area (Å²) in [5.74, 6) is -0.961. The van der Waals surface area contributed by atoms with Crippen molar-refractivity contribution < 1.29 is 9.90 Å². The number of hydrogen-bond donors (Lipinski definition) is 1. The van der Waals surface area contributed by atoms with Crippen molar-refractivity contribution in [1.29, 1.82) is 0 Å². The normalized spacial score (nSPS) is 10.8. The number of carboxylic acid groups (broad SMARTS) is 1. The van der Waals surface area contributed by atoms with Crippen molar-refractivity contribution in [3.8, 4) is 11.3 Å². The lowest BCUT2D eigenvalue weighted by atomic mass is 10.1. The van der Waals surface area contributed by atoms with Crippen molar-refractivity contribution >= 4 is 5.97 Å². The third kappa shape index (κ3) is 2.27. The summed E-state index contributed by atoms with van der Waals surface area (Å²) in [6.45, 7) is 5.46. The highest BCUT2D eigenvalue weighted by Gasteiger charge is 2.18. The second-order valence-corrected chi connectivity index (χ2v) is 4.04. The minimum atomic E-state index is -0.961. The van der Waals surface area contributed by atoms with Gasteiger partial charge in [0, 0.05) is 31.0 Å². The number of carboxylic acids is 1. The van der Waals surface area contributed by atoms with Gasteiger partial charge >= 0.3 is 5.97 Å². The number of carbonyl (C=O) groups is 1. The molecule has 0 aliphatic carbocycles. The van der Waals surface area contributed by atoms with Crippen LogP contribution in [-0.2, 0) is 13.1 Å². The van der Waals surface area contributed by atoms with Gasteiger partial charge in [0.05, 0.1) is 6.20 Å². The van der Waals surface area contributed by atoms with Crippen LogP contribution in [0.5, 0.6) is 0 Å². The molecule has 2 aromatic heterocycles. The number of aryl methyl sites for hydroxylation is 2. The van der Waals surface area contributed by atoms with Crippen LogP contribution in [0.2, 0.25) is 0 Å². The van der Waals surface area contributed by atoms with Gasteiger partial charge in [0.15, 0.2) is 0 Å². The second kappa shape index (κ2) is 5.03. The van der Waals surface area contributed by atoms with E-state index in [0.29, 0.717) is 12.2 Å². The highest BCUT2D eigenvalue weighted by molar-refractivity contribution is 5.94. The fourth-order valence-electron chi connectivity index (χ4n) is 1.79. The Bertz CT molecular complexity index is 556. The molecule has 0 unspecified atom stereocenters. The molecule has 0 aliphatic rings. The van der Waals surface area contributed by atoms with E-state index in [9.17, 15) is 9.90 Å². The average molecular weight is 248 g/mol. The first-order chi connectivity index (χ1) is 8.65. The minimum absolute atomic E-state index is 0.221. The lowest BCUT2D eigenvalue weighted by Crippen LogP contribution is -1.97. The number of aromatic carboxylic acids is 1. The summed E-state index contributed by atoms with van der Waals surface area (Å²) in [5.41, 5.74) is 1.44. The average Bonchev–Trinajstić information content (AvgIpc) is 2.94. The molecule has 2 heterocycles. The molecule has 0 aromatic carbocycles. The molecule has 0 atom stereocenters. The van der Waals surface area contributed by atoms with E-state index < -0.39 is 5.97 Å². The smallest absolute Gasteiger partial charge is 0.339 e. The third-order valence-electron chi connectivity index (χ3n) is 2.68. The molecular formula is C12H16N4O2. The highest BCUT2D eigenvalue weighted by Crippen LogP contribution is 2.21. The van der Waals surface area contributed by atoms with E-state index in [2.05, 4.69) is 10.2 Å². The van der Waals surface area contributed by atoms with Gasteiger partial charge in [-0.25, -0.2) is 4.79 Å². The van der Waals surface area contributed by atoms with Gasteiger partial charge in [-0.3, -0.25) is 9.36 Å². The van der Waals surface area contributed by atoms with Gasteiger partial charge in [-0.05, 0) is 13.3 Å². The van der Waals surface area contributed by atoms with Gasteiger partial charge in [0.25, 0.3) is 0 Å². The lowest BCUT2D eigenvalue weighted by molar-refractivity contribution is 0.0697. The molecule has 96 valence electrons. The summed E-state index contributed by atoms with van der Waals surface area (Å²) in [4.78, 5) is 11.2. The van der Waals surface area contributed by atoms with Crippen LogP contribution in [0.15, 0.2) is 18.6 Å². The van der Waals surface area contributed by atoms with Crippen LogP contribution in [0.3, 0.4) is 0 Å². The molecular weight excluding hydrogens is 232 g/mol. The fourth-order valence-corrected chi connectivity index (χ4v) is 1.79. The largest absolute Gasteiger partial charge is 0.478 e. The molecule has 0 amide bonds. The Balaban J connectivity index is 2.44. The van der Waals surface area contributed by atoms with E-state index in [-0.39, 0.29) is 5.56 Å². The van der Waals surface area contributed by atoms with Gasteiger partial charge in [-0.2, -0.15) is 10.2 Å². The minimum Gasteiger partial charge on any atom is -0.478 e. The molecule has 6 heteroatoms. The summed E-state index contributed by atoms with van der Waals surface area (Å²) in [7, 11) is 0. The summed E-state index contributed by atoms with van der Waals surface area (Å²) >= 11 is 0. The van der Waals surface area contributed by atoms with Crippen LogP contribution in [0.4, 0.5) is 0 Å². The molecule has 18 heavy (non-hydrogen) atoms. The Morgan fingerprint density at radius 2 is 2.11 bits per heavy atom. The van der Waals surface area contributed by atoms with Gasteiger partial charge in [-0.15, -0.1) is 0 Å². The molecule has 2 rings (SSSR count). The van der Waals surface area contributed by atoms with Crippen molar-refractivity contribution in [2.45, 2.75) is 33.4 Å². The van der Waals surface area contributed by atoms with Crippen LogP contribution in [0, 0.1) is 0 Å². The van der Waals surface area contributed by atoms with E-state index in [1.165, 1.54) is 0 Å². The lowest BCUT2D eigenvalue weighted by Gasteiger charge is -1.95. The molecule has 0 radical (unpaired) electrons. The monoisotopic (exact) mass is 248 g/mol. The number of hydrogen-bond acceptors (Lipinski definition) is 3. The molecule has 2 aromatic rings. The van der Waals surface area contributed by atoms with Crippen LogP contribution in [-0.4, -0.2) is 30.6 Å². The maximum Gasteiger partial charge on any atom is 0.339 e. The number of aromatic nitrogens is 4. The van der Waals surface area contributed by atoms with Gasteiger partial charge in [-0.1, -0.05) is 6.92 Å². The van der Waals surface area contributed by atoms with Gasteiger partial charge < -0.3 is 5.11 Å².